The van der Waals surface area contributed by atoms with Gasteiger partial charge in [0.05, 0.1) is 0 Å². The van der Waals surface area contributed by atoms with Crippen LogP contribution in [0, 0.1) is 0 Å². The summed E-state index contributed by atoms with van der Waals surface area (Å²) in [6, 6.07) is -0.620. The Hall–Kier alpha value is -1.10. The monoisotopic (exact) mass is 169 g/mol. The minimum Gasteiger partial charge on any atom is -0.328 e. The van der Waals surface area contributed by atoms with Gasteiger partial charge in [0, 0.05) is 12.6 Å². The lowest BCUT2D eigenvalue weighted by atomic mass is 10.3. The van der Waals surface area contributed by atoms with Crippen LogP contribution in [0.1, 0.15) is 12.8 Å². The quantitative estimate of drug-likeness (QED) is 0.522. The van der Waals surface area contributed by atoms with Crippen LogP contribution < -0.4 is 11.1 Å². The second-order valence-electron chi connectivity index (χ2n) is 3.18. The van der Waals surface area contributed by atoms with Gasteiger partial charge in [0.25, 0.3) is 5.91 Å². The number of imide groups is 1. The Morgan fingerprint density at radius 1 is 1.50 bits per heavy atom. The number of amides is 3. The average molecular weight is 169 g/mol. The molecule has 2 aliphatic rings. The van der Waals surface area contributed by atoms with Crippen LogP contribution in [-0.4, -0.2) is 35.5 Å². The SMILES string of the molecule is NCC1NC(=O)N(C2CC2)C1=O. The molecule has 2 rings (SSSR count). The standard InChI is InChI=1S/C7H11N3O2/c8-3-5-6(11)10(4-1-2-4)7(12)9-5/h4-5H,1-3,8H2,(H,9,12). The van der Waals surface area contributed by atoms with Gasteiger partial charge in [-0.15, -0.1) is 0 Å². The first kappa shape index (κ1) is 7.54. The first-order chi connectivity index (χ1) is 5.74. The lowest BCUT2D eigenvalue weighted by Gasteiger charge is -2.09. The van der Waals surface area contributed by atoms with Crippen molar-refractivity contribution < 1.29 is 9.59 Å². The summed E-state index contributed by atoms with van der Waals surface area (Å²) in [4.78, 5) is 23.9. The zero-order valence-electron chi connectivity index (χ0n) is 6.62. The predicted octanol–water partition coefficient (Wildman–Crippen LogP) is -0.972. The average Bonchev–Trinajstić information content (AvgIpc) is 2.80. The smallest absolute Gasteiger partial charge is 0.325 e. The third-order valence-electron chi connectivity index (χ3n) is 2.20. The van der Waals surface area contributed by atoms with Crippen LogP contribution >= 0.6 is 0 Å². The fraction of sp³-hybridized carbons (Fsp3) is 0.714. The summed E-state index contributed by atoms with van der Waals surface area (Å²) in [5.41, 5.74) is 5.31. The molecule has 1 heterocycles. The van der Waals surface area contributed by atoms with Gasteiger partial charge in [-0.2, -0.15) is 0 Å². The van der Waals surface area contributed by atoms with Crippen LogP contribution in [0.15, 0.2) is 0 Å². The van der Waals surface area contributed by atoms with Gasteiger partial charge in [0.2, 0.25) is 0 Å². The van der Waals surface area contributed by atoms with E-state index in [-0.39, 0.29) is 24.5 Å². The fourth-order valence-electron chi connectivity index (χ4n) is 1.39. The highest BCUT2D eigenvalue weighted by Gasteiger charge is 2.45. The van der Waals surface area contributed by atoms with E-state index in [9.17, 15) is 9.59 Å². The third kappa shape index (κ3) is 0.972. The molecule has 2 fully saturated rings. The minimum atomic E-state index is -0.488. The van der Waals surface area contributed by atoms with Crippen molar-refractivity contribution in [2.24, 2.45) is 5.73 Å². The molecule has 1 unspecified atom stereocenters. The number of rotatable bonds is 2. The van der Waals surface area contributed by atoms with E-state index >= 15 is 0 Å². The van der Waals surface area contributed by atoms with Gasteiger partial charge >= 0.3 is 6.03 Å². The van der Waals surface area contributed by atoms with Crippen molar-refractivity contribution in [2.45, 2.75) is 24.9 Å². The van der Waals surface area contributed by atoms with Crippen LogP contribution in [0.2, 0.25) is 0 Å². The molecule has 5 nitrogen and oxygen atoms in total. The Morgan fingerprint density at radius 2 is 2.17 bits per heavy atom. The zero-order chi connectivity index (χ0) is 8.72. The summed E-state index contributed by atoms with van der Waals surface area (Å²) in [7, 11) is 0. The zero-order valence-corrected chi connectivity index (χ0v) is 6.62. The van der Waals surface area contributed by atoms with E-state index in [4.69, 9.17) is 5.73 Å². The summed E-state index contributed by atoms with van der Waals surface area (Å²) < 4.78 is 0. The van der Waals surface area contributed by atoms with Crippen molar-refractivity contribution in [3.05, 3.63) is 0 Å². The third-order valence-corrected chi connectivity index (χ3v) is 2.20. The van der Waals surface area contributed by atoms with Gasteiger partial charge in [0.1, 0.15) is 6.04 Å². The maximum Gasteiger partial charge on any atom is 0.325 e. The largest absolute Gasteiger partial charge is 0.328 e. The first-order valence-electron chi connectivity index (χ1n) is 4.07. The molecule has 0 bridgehead atoms. The number of nitrogens with two attached hydrogens (primary N) is 1. The molecule has 66 valence electrons. The van der Waals surface area contributed by atoms with E-state index in [0.29, 0.717) is 0 Å². The minimum absolute atomic E-state index is 0.147. The molecule has 0 aromatic heterocycles. The molecule has 0 spiro atoms. The van der Waals surface area contributed by atoms with E-state index in [2.05, 4.69) is 5.32 Å². The molecule has 0 radical (unpaired) electrons. The van der Waals surface area contributed by atoms with Crippen molar-refractivity contribution >= 4 is 11.9 Å². The maximum atomic E-state index is 11.4. The van der Waals surface area contributed by atoms with Gasteiger partial charge in [-0.3, -0.25) is 9.69 Å². The highest BCUT2D eigenvalue weighted by atomic mass is 16.2. The summed E-state index contributed by atoms with van der Waals surface area (Å²) in [5.74, 6) is -0.162. The molecule has 5 heteroatoms. The van der Waals surface area contributed by atoms with Gasteiger partial charge < -0.3 is 11.1 Å². The highest BCUT2D eigenvalue weighted by Crippen LogP contribution is 2.29. The van der Waals surface area contributed by atoms with Gasteiger partial charge in [-0.1, -0.05) is 0 Å². The molecule has 0 aromatic rings. The summed E-state index contributed by atoms with van der Waals surface area (Å²) in [5, 5.41) is 2.54. The lowest BCUT2D eigenvalue weighted by molar-refractivity contribution is -0.127. The topological polar surface area (TPSA) is 75.4 Å². The second kappa shape index (κ2) is 2.45. The molecule has 12 heavy (non-hydrogen) atoms. The van der Waals surface area contributed by atoms with Crippen molar-refractivity contribution in [3.8, 4) is 0 Å². The Kier molecular flexibility index (Phi) is 1.54. The second-order valence-corrected chi connectivity index (χ2v) is 3.18. The van der Waals surface area contributed by atoms with Crippen LogP contribution in [0.4, 0.5) is 4.79 Å². The van der Waals surface area contributed by atoms with Crippen molar-refractivity contribution in [1.29, 1.82) is 0 Å². The highest BCUT2D eigenvalue weighted by molar-refractivity contribution is 6.04. The number of nitrogens with zero attached hydrogens (tertiary/aromatic N) is 1. The Morgan fingerprint density at radius 3 is 2.58 bits per heavy atom. The van der Waals surface area contributed by atoms with E-state index in [0.717, 1.165) is 12.8 Å². The summed E-state index contributed by atoms with van der Waals surface area (Å²) in [6.45, 7) is 0.188. The van der Waals surface area contributed by atoms with Gasteiger partial charge in [0.15, 0.2) is 0 Å². The molecule has 1 atom stereocenters. The molecular weight excluding hydrogens is 158 g/mol. The Labute approximate surface area is 69.9 Å². The molecule has 1 aliphatic heterocycles. The van der Waals surface area contributed by atoms with Crippen LogP contribution in [0.3, 0.4) is 0 Å². The van der Waals surface area contributed by atoms with Crippen LogP contribution in [0.5, 0.6) is 0 Å². The van der Waals surface area contributed by atoms with Crippen LogP contribution in [-0.2, 0) is 4.79 Å². The van der Waals surface area contributed by atoms with Crippen molar-refractivity contribution in [3.63, 3.8) is 0 Å². The molecule has 3 amide bonds. The van der Waals surface area contributed by atoms with Gasteiger partial charge in [-0.05, 0) is 12.8 Å². The van der Waals surface area contributed by atoms with E-state index < -0.39 is 6.04 Å². The summed E-state index contributed by atoms with van der Waals surface area (Å²) >= 11 is 0. The fourth-order valence-corrected chi connectivity index (χ4v) is 1.39. The summed E-state index contributed by atoms with van der Waals surface area (Å²) in [6.07, 6.45) is 1.88. The van der Waals surface area contributed by atoms with Gasteiger partial charge in [-0.25, -0.2) is 4.79 Å². The molecule has 3 N–H and O–H groups in total. The molecule has 1 aliphatic carbocycles. The number of urea groups is 1. The van der Waals surface area contributed by atoms with Crippen molar-refractivity contribution in [1.82, 2.24) is 10.2 Å². The van der Waals surface area contributed by atoms with Crippen molar-refractivity contribution in [2.75, 3.05) is 6.54 Å². The van der Waals surface area contributed by atoms with E-state index in [1.54, 1.807) is 0 Å². The molecule has 0 aromatic carbocycles. The number of hydrogen-bond donors (Lipinski definition) is 2. The Balaban J connectivity index is 2.13. The van der Waals surface area contributed by atoms with E-state index in [1.165, 1.54) is 4.90 Å². The number of hydrogen-bond acceptors (Lipinski definition) is 3. The number of carbonyl (C=O) groups is 2. The normalized spacial score (nSPS) is 29.4. The molecule has 1 saturated carbocycles. The van der Waals surface area contributed by atoms with Crippen LogP contribution in [0.25, 0.3) is 0 Å². The van der Waals surface area contributed by atoms with E-state index in [1.807, 2.05) is 0 Å². The predicted molar refractivity (Wildman–Crippen MR) is 41.2 cm³/mol. The lowest BCUT2D eigenvalue weighted by Crippen LogP contribution is -2.37. The maximum absolute atomic E-state index is 11.4. The first-order valence-corrected chi connectivity index (χ1v) is 4.07. The number of nitrogens with one attached hydrogen (secondary N) is 1. The molecular formula is C7H11N3O2. The number of carbonyl (C=O) groups excluding carboxylic acids is 2. The molecule has 1 saturated heterocycles. The Bertz CT molecular complexity index is 237.